The predicted molar refractivity (Wildman–Crippen MR) is 145 cm³/mol. The molecule has 8 nitrogen and oxygen atoms in total. The summed E-state index contributed by atoms with van der Waals surface area (Å²) in [6, 6.07) is 14.9. The number of carbonyl (C=O) groups is 1. The number of hydrogen-bond acceptors (Lipinski definition) is 6. The van der Waals surface area contributed by atoms with E-state index in [0.717, 1.165) is 51.0 Å². The van der Waals surface area contributed by atoms with Gasteiger partial charge in [-0.3, -0.25) is 10.1 Å². The molecule has 3 aromatic rings. The highest BCUT2D eigenvalue weighted by atomic mass is 16.5. The molecule has 4 rings (SSSR count). The third kappa shape index (κ3) is 6.05. The Morgan fingerprint density at radius 1 is 1.19 bits per heavy atom. The molecule has 0 spiro atoms. The maximum atomic E-state index is 12.0. The summed E-state index contributed by atoms with van der Waals surface area (Å²) in [4.78, 5) is 15.3. The van der Waals surface area contributed by atoms with Crippen molar-refractivity contribution in [2.75, 3.05) is 33.2 Å². The van der Waals surface area contributed by atoms with Gasteiger partial charge in [-0.2, -0.15) is 0 Å². The Bertz CT molecular complexity index is 1290. The first-order valence-electron chi connectivity index (χ1n) is 12.4. The van der Waals surface area contributed by atoms with Crippen LogP contribution in [0.5, 0.6) is 0 Å². The van der Waals surface area contributed by atoms with Crippen LogP contribution in [0.15, 0.2) is 65.9 Å². The average molecular weight is 506 g/mol. The molecule has 0 bridgehead atoms. The molecule has 8 heteroatoms. The maximum absolute atomic E-state index is 12.0. The zero-order valence-electron chi connectivity index (χ0n) is 21.5. The van der Waals surface area contributed by atoms with Crippen molar-refractivity contribution in [3.05, 3.63) is 82.8 Å². The van der Waals surface area contributed by atoms with Gasteiger partial charge in [0.15, 0.2) is 0 Å². The lowest BCUT2D eigenvalue weighted by Gasteiger charge is -2.27. The van der Waals surface area contributed by atoms with Crippen molar-refractivity contribution in [1.29, 1.82) is 0 Å². The van der Waals surface area contributed by atoms with Crippen molar-refractivity contribution in [1.82, 2.24) is 10.3 Å². The molecule has 2 atom stereocenters. The molecule has 0 saturated heterocycles. The SMILES string of the molecule is CCOCC1=CC(OC)=C(c2ccc(CC(NCc3[nH]c4ccccc4c3N)C(=O)O)cc2)C(OC)C1. The van der Waals surface area contributed by atoms with Crippen LogP contribution in [-0.2, 0) is 32.0 Å². The summed E-state index contributed by atoms with van der Waals surface area (Å²) >= 11 is 0. The third-order valence-electron chi connectivity index (χ3n) is 6.72. The van der Waals surface area contributed by atoms with Gasteiger partial charge >= 0.3 is 5.97 Å². The number of aromatic amines is 1. The highest BCUT2D eigenvalue weighted by Crippen LogP contribution is 2.34. The second-order valence-corrected chi connectivity index (χ2v) is 9.09. The lowest BCUT2D eigenvalue weighted by atomic mass is 9.88. The molecular weight excluding hydrogens is 470 g/mol. The van der Waals surface area contributed by atoms with E-state index in [2.05, 4.69) is 10.3 Å². The predicted octanol–water partition coefficient (Wildman–Crippen LogP) is 4.27. The molecule has 0 amide bonds. The summed E-state index contributed by atoms with van der Waals surface area (Å²) in [5.41, 5.74) is 12.6. The van der Waals surface area contributed by atoms with Crippen LogP contribution in [0.1, 0.15) is 30.2 Å². The van der Waals surface area contributed by atoms with E-state index in [9.17, 15) is 9.90 Å². The molecule has 0 saturated carbocycles. The number of ether oxygens (including phenoxy) is 3. The highest BCUT2D eigenvalue weighted by molar-refractivity contribution is 5.93. The van der Waals surface area contributed by atoms with Gasteiger partial charge in [0.2, 0.25) is 0 Å². The van der Waals surface area contributed by atoms with E-state index in [1.165, 1.54) is 0 Å². The molecule has 5 N–H and O–H groups in total. The number of methoxy groups -OCH3 is 2. The highest BCUT2D eigenvalue weighted by Gasteiger charge is 2.26. The molecule has 0 fully saturated rings. The summed E-state index contributed by atoms with van der Waals surface area (Å²) in [6.07, 6.45) is 2.92. The first-order chi connectivity index (χ1) is 17.9. The number of nitrogens with one attached hydrogen (secondary N) is 2. The van der Waals surface area contributed by atoms with Crippen LogP contribution in [0.2, 0.25) is 0 Å². The summed E-state index contributed by atoms with van der Waals surface area (Å²) in [5, 5.41) is 13.9. The first kappa shape index (κ1) is 26.5. The Kier molecular flexibility index (Phi) is 8.66. The van der Waals surface area contributed by atoms with Gasteiger partial charge < -0.3 is 30.0 Å². The lowest BCUT2D eigenvalue weighted by molar-refractivity contribution is -0.139. The second-order valence-electron chi connectivity index (χ2n) is 9.09. The minimum Gasteiger partial charge on any atom is -0.496 e. The quantitative estimate of drug-likeness (QED) is 0.290. The summed E-state index contributed by atoms with van der Waals surface area (Å²) < 4.78 is 17.1. The first-order valence-corrected chi connectivity index (χ1v) is 12.4. The number of H-pyrrole nitrogens is 1. The van der Waals surface area contributed by atoms with Gasteiger partial charge in [0.25, 0.3) is 0 Å². The molecule has 0 radical (unpaired) electrons. The van der Waals surface area contributed by atoms with Gasteiger partial charge in [-0.05, 0) is 42.2 Å². The standard InChI is InChI=1S/C29H35N3O5/c1-4-37-17-19-14-25(35-2)27(26(15-19)36-3)20-11-9-18(10-12-20)13-23(29(33)34)31-16-24-28(30)21-7-5-6-8-22(21)32-24/h5-12,14,23,26,31-32H,4,13,15-17,30H2,1-3H3,(H,33,34). The molecule has 1 aliphatic carbocycles. The zero-order chi connectivity index (χ0) is 26.4. The number of para-hydroxylation sites is 1. The van der Waals surface area contributed by atoms with Gasteiger partial charge in [0, 0.05) is 43.2 Å². The number of allylic oxidation sites excluding steroid dienone is 1. The summed E-state index contributed by atoms with van der Waals surface area (Å²) in [5.74, 6) is -0.164. The third-order valence-corrected chi connectivity index (χ3v) is 6.72. The minimum atomic E-state index is -0.915. The fourth-order valence-electron chi connectivity index (χ4n) is 4.74. The van der Waals surface area contributed by atoms with E-state index in [1.807, 2.05) is 61.5 Å². The Labute approximate surface area is 217 Å². The topological polar surface area (TPSA) is 119 Å². The molecule has 0 aliphatic heterocycles. The molecule has 196 valence electrons. The van der Waals surface area contributed by atoms with Gasteiger partial charge in [0.1, 0.15) is 11.8 Å². The summed E-state index contributed by atoms with van der Waals surface area (Å²) in [6.45, 7) is 3.49. The van der Waals surface area contributed by atoms with E-state index < -0.39 is 12.0 Å². The van der Waals surface area contributed by atoms with Crippen LogP contribution in [-0.4, -0.2) is 55.6 Å². The van der Waals surface area contributed by atoms with Crippen molar-refractivity contribution in [3.8, 4) is 0 Å². The molecule has 1 aliphatic rings. The number of fused-ring (bicyclic) bond motifs is 1. The van der Waals surface area contributed by atoms with Crippen LogP contribution in [0.25, 0.3) is 16.5 Å². The maximum Gasteiger partial charge on any atom is 0.321 e. The Morgan fingerprint density at radius 2 is 1.95 bits per heavy atom. The molecule has 2 unspecified atom stereocenters. The van der Waals surface area contributed by atoms with Crippen LogP contribution >= 0.6 is 0 Å². The number of nitrogens with two attached hydrogens (primary N) is 1. The van der Waals surface area contributed by atoms with E-state index >= 15 is 0 Å². The molecule has 1 aromatic heterocycles. The van der Waals surface area contributed by atoms with Gasteiger partial charge in [-0.15, -0.1) is 0 Å². The Balaban J connectivity index is 1.49. The minimum absolute atomic E-state index is 0.156. The number of carboxylic acid groups (broad SMARTS) is 1. The number of benzene rings is 2. The summed E-state index contributed by atoms with van der Waals surface area (Å²) in [7, 11) is 3.35. The van der Waals surface area contributed by atoms with E-state index in [1.54, 1.807) is 14.2 Å². The number of nitrogen functional groups attached to an aromatic ring is 1. The zero-order valence-corrected chi connectivity index (χ0v) is 21.5. The number of hydrogen-bond donors (Lipinski definition) is 4. The molecule has 2 aromatic carbocycles. The van der Waals surface area contributed by atoms with E-state index in [0.29, 0.717) is 31.9 Å². The van der Waals surface area contributed by atoms with Crippen LogP contribution in [0.3, 0.4) is 0 Å². The Hall–Kier alpha value is -3.59. The number of anilines is 1. The number of aromatic nitrogens is 1. The van der Waals surface area contributed by atoms with E-state index in [-0.39, 0.29) is 6.10 Å². The largest absolute Gasteiger partial charge is 0.496 e. The molecule has 37 heavy (non-hydrogen) atoms. The van der Waals surface area contributed by atoms with Crippen LogP contribution < -0.4 is 11.1 Å². The fourth-order valence-corrected chi connectivity index (χ4v) is 4.74. The van der Waals surface area contributed by atoms with Crippen LogP contribution in [0.4, 0.5) is 5.69 Å². The monoisotopic (exact) mass is 505 g/mol. The van der Waals surface area contributed by atoms with Crippen molar-refractivity contribution in [2.45, 2.75) is 38.5 Å². The lowest BCUT2D eigenvalue weighted by Crippen LogP contribution is -2.38. The molecular formula is C29H35N3O5. The van der Waals surface area contributed by atoms with Crippen molar-refractivity contribution in [2.24, 2.45) is 0 Å². The van der Waals surface area contributed by atoms with Crippen molar-refractivity contribution in [3.63, 3.8) is 0 Å². The number of rotatable bonds is 12. The van der Waals surface area contributed by atoms with Crippen molar-refractivity contribution < 1.29 is 24.1 Å². The van der Waals surface area contributed by atoms with Gasteiger partial charge in [0.05, 0.1) is 31.2 Å². The smallest absolute Gasteiger partial charge is 0.321 e. The fraction of sp³-hybridized carbons (Fsp3) is 0.345. The average Bonchev–Trinajstić information content (AvgIpc) is 3.24. The van der Waals surface area contributed by atoms with Crippen LogP contribution in [0, 0.1) is 0 Å². The molecule has 1 heterocycles. The normalized spacial score (nSPS) is 16.6. The number of aliphatic carboxylic acids is 1. The van der Waals surface area contributed by atoms with E-state index in [4.69, 9.17) is 19.9 Å². The Morgan fingerprint density at radius 3 is 2.59 bits per heavy atom. The van der Waals surface area contributed by atoms with Gasteiger partial charge in [-0.25, -0.2) is 0 Å². The number of carboxylic acids is 1. The van der Waals surface area contributed by atoms with Crippen molar-refractivity contribution >= 4 is 28.1 Å². The second kappa shape index (κ2) is 12.1. The van der Waals surface area contributed by atoms with Gasteiger partial charge in [-0.1, -0.05) is 42.5 Å².